The molecular formula is C10H22O9. The third-order valence-corrected chi connectivity index (χ3v) is 2.30. The average Bonchev–Trinajstić information content (AvgIpc) is 2.43. The van der Waals surface area contributed by atoms with E-state index in [1.807, 2.05) is 0 Å². The molecule has 4 unspecified atom stereocenters. The van der Waals surface area contributed by atoms with Crippen molar-refractivity contribution < 1.29 is 45.6 Å². The fourth-order valence-corrected chi connectivity index (χ4v) is 0.860. The van der Waals surface area contributed by atoms with Gasteiger partial charge in [-0.2, -0.15) is 0 Å². The Labute approximate surface area is 110 Å². The Kier molecular flexibility index (Phi) is 11.1. The Balaban J connectivity index is 0. The van der Waals surface area contributed by atoms with E-state index in [4.69, 9.17) is 35.7 Å². The predicted molar refractivity (Wildman–Crippen MR) is 62.0 cm³/mol. The van der Waals surface area contributed by atoms with E-state index in [0.717, 1.165) is 6.92 Å². The highest BCUT2D eigenvalue weighted by Gasteiger charge is 2.41. The maximum absolute atomic E-state index is 10.1. The van der Waals surface area contributed by atoms with Crippen molar-refractivity contribution in [1.29, 1.82) is 0 Å². The van der Waals surface area contributed by atoms with Gasteiger partial charge in [-0.1, -0.05) is 0 Å². The molecule has 0 aliphatic carbocycles. The second-order valence-corrected chi connectivity index (χ2v) is 4.02. The van der Waals surface area contributed by atoms with E-state index in [2.05, 4.69) is 0 Å². The number of rotatable bonds is 7. The van der Waals surface area contributed by atoms with E-state index in [1.54, 1.807) is 0 Å². The third-order valence-electron chi connectivity index (χ3n) is 2.30. The zero-order chi connectivity index (χ0) is 15.6. The number of hydrogen-bond donors (Lipinski definition) is 8. The summed E-state index contributed by atoms with van der Waals surface area (Å²) >= 11 is 0. The highest BCUT2D eigenvalue weighted by Crippen LogP contribution is 2.16. The highest BCUT2D eigenvalue weighted by molar-refractivity contribution is 5.58. The molecule has 0 amide bonds. The minimum absolute atomic E-state index is 0.0350. The first-order valence-corrected chi connectivity index (χ1v) is 5.41. The van der Waals surface area contributed by atoms with Crippen LogP contribution in [0.5, 0.6) is 0 Å². The molecule has 0 fully saturated rings. The summed E-state index contributed by atoms with van der Waals surface area (Å²) in [5, 5.41) is 68.8. The van der Waals surface area contributed by atoms with Gasteiger partial charge < -0.3 is 45.6 Å². The van der Waals surface area contributed by atoms with Gasteiger partial charge in [0, 0.05) is 0 Å². The smallest absolute Gasteiger partial charge is 0.151 e. The highest BCUT2D eigenvalue weighted by atomic mass is 16.4. The van der Waals surface area contributed by atoms with Crippen molar-refractivity contribution in [1.82, 2.24) is 0 Å². The van der Waals surface area contributed by atoms with Crippen LogP contribution in [0.4, 0.5) is 0 Å². The Hall–Kier alpha value is -0.650. The van der Waals surface area contributed by atoms with Crippen molar-refractivity contribution >= 4 is 6.29 Å². The molecule has 0 radical (unpaired) electrons. The molecule has 0 saturated carbocycles. The molecule has 0 spiro atoms. The summed E-state index contributed by atoms with van der Waals surface area (Å²) in [7, 11) is 0. The van der Waals surface area contributed by atoms with Crippen LogP contribution in [0.25, 0.3) is 0 Å². The fraction of sp³-hybridized carbons (Fsp3) is 0.900. The topological polar surface area (TPSA) is 179 Å². The molecule has 9 nitrogen and oxygen atoms in total. The molecule has 4 atom stereocenters. The van der Waals surface area contributed by atoms with Crippen molar-refractivity contribution in [3.05, 3.63) is 0 Å². The van der Waals surface area contributed by atoms with Gasteiger partial charge in [0.1, 0.15) is 30.0 Å². The van der Waals surface area contributed by atoms with Gasteiger partial charge in [-0.25, -0.2) is 0 Å². The monoisotopic (exact) mass is 286 g/mol. The first kappa shape index (κ1) is 20.7. The van der Waals surface area contributed by atoms with Crippen LogP contribution in [-0.4, -0.2) is 97.0 Å². The van der Waals surface area contributed by atoms with Gasteiger partial charge in [-0.05, 0) is 6.92 Å². The lowest BCUT2D eigenvalue weighted by atomic mass is 9.90. The van der Waals surface area contributed by atoms with Gasteiger partial charge >= 0.3 is 0 Å². The number of aldehydes is 1. The van der Waals surface area contributed by atoms with Crippen molar-refractivity contribution in [2.75, 3.05) is 19.8 Å². The lowest BCUT2D eigenvalue weighted by Crippen LogP contribution is -2.56. The minimum atomic E-state index is -2.18. The second-order valence-electron chi connectivity index (χ2n) is 4.02. The van der Waals surface area contributed by atoms with E-state index >= 15 is 0 Å². The van der Waals surface area contributed by atoms with Gasteiger partial charge in [-0.15, -0.1) is 0 Å². The molecule has 8 N–H and O–H groups in total. The van der Waals surface area contributed by atoms with Crippen molar-refractivity contribution in [2.45, 2.75) is 36.9 Å². The molecule has 0 rings (SSSR count). The minimum Gasteiger partial charge on any atom is -0.394 e. The summed E-state index contributed by atoms with van der Waals surface area (Å²) in [6.07, 6.45) is -6.14. The Bertz CT molecular complexity index is 229. The summed E-state index contributed by atoms with van der Waals surface area (Å²) in [6.45, 7) is -0.522. The number of aliphatic hydroxyl groups is 8. The van der Waals surface area contributed by atoms with Gasteiger partial charge in [0.2, 0.25) is 0 Å². The van der Waals surface area contributed by atoms with E-state index in [-0.39, 0.29) is 19.5 Å². The predicted octanol–water partition coefficient (Wildman–Crippen LogP) is -4.66. The maximum atomic E-state index is 10.1. The standard InChI is InChI=1S/C7H14O6.C3H8O3/c1-7(13,5(11)3-9)6(12)4(10)2-8;4-1-3(6)2-5/h3-6,8,10-13H,2H2,1H3;3-6H,1-2H2. The molecule has 0 bridgehead atoms. The molecule has 19 heavy (non-hydrogen) atoms. The largest absolute Gasteiger partial charge is 0.394 e. The Morgan fingerprint density at radius 3 is 1.63 bits per heavy atom. The van der Waals surface area contributed by atoms with E-state index in [0.29, 0.717) is 0 Å². The molecule has 9 heteroatoms. The first-order valence-electron chi connectivity index (χ1n) is 5.41. The Morgan fingerprint density at radius 1 is 1.00 bits per heavy atom. The average molecular weight is 286 g/mol. The van der Waals surface area contributed by atoms with E-state index < -0.39 is 36.6 Å². The molecule has 116 valence electrons. The lowest BCUT2D eigenvalue weighted by Gasteiger charge is -2.32. The summed E-state index contributed by atoms with van der Waals surface area (Å²) in [5.41, 5.74) is -2.18. The van der Waals surface area contributed by atoms with Gasteiger partial charge in [0.15, 0.2) is 6.29 Å². The first-order chi connectivity index (χ1) is 8.68. The summed E-state index contributed by atoms with van der Waals surface area (Å²) in [4.78, 5) is 10.1. The molecule has 0 aromatic heterocycles. The van der Waals surface area contributed by atoms with Crippen LogP contribution in [0, 0.1) is 0 Å². The number of aliphatic hydroxyl groups excluding tert-OH is 7. The Morgan fingerprint density at radius 2 is 1.42 bits per heavy atom. The van der Waals surface area contributed by atoms with Crippen LogP contribution in [0.3, 0.4) is 0 Å². The third kappa shape index (κ3) is 7.50. The summed E-state index contributed by atoms with van der Waals surface area (Å²) < 4.78 is 0. The van der Waals surface area contributed by atoms with Crippen molar-refractivity contribution in [2.24, 2.45) is 0 Å². The van der Waals surface area contributed by atoms with Gasteiger partial charge in [-0.3, -0.25) is 0 Å². The normalized spacial score (nSPS) is 18.8. The van der Waals surface area contributed by atoms with E-state index in [9.17, 15) is 9.90 Å². The SMILES string of the molecule is CC(O)(C(O)C=O)C(O)C(O)CO.OCC(O)CO. The number of carbonyl (C=O) groups is 1. The molecule has 0 aliphatic rings. The van der Waals surface area contributed by atoms with Crippen LogP contribution >= 0.6 is 0 Å². The zero-order valence-corrected chi connectivity index (χ0v) is 10.5. The van der Waals surface area contributed by atoms with Crippen LogP contribution in [0.15, 0.2) is 0 Å². The van der Waals surface area contributed by atoms with Crippen LogP contribution in [0.1, 0.15) is 6.92 Å². The quantitative estimate of drug-likeness (QED) is 0.213. The van der Waals surface area contributed by atoms with Crippen LogP contribution in [-0.2, 0) is 4.79 Å². The molecule has 0 saturated heterocycles. The summed E-state index contributed by atoms with van der Waals surface area (Å²) in [6, 6.07) is 0. The number of carbonyl (C=O) groups excluding carboxylic acids is 1. The van der Waals surface area contributed by atoms with Gasteiger partial charge in [0.05, 0.1) is 19.8 Å². The molecule has 0 aliphatic heterocycles. The van der Waals surface area contributed by atoms with Crippen molar-refractivity contribution in [3.63, 3.8) is 0 Å². The molecular weight excluding hydrogens is 264 g/mol. The molecule has 0 heterocycles. The zero-order valence-electron chi connectivity index (χ0n) is 10.5. The lowest BCUT2D eigenvalue weighted by molar-refractivity contribution is -0.173. The maximum Gasteiger partial charge on any atom is 0.151 e. The number of hydrogen-bond acceptors (Lipinski definition) is 9. The molecule has 0 aromatic carbocycles. The van der Waals surface area contributed by atoms with Crippen molar-refractivity contribution in [3.8, 4) is 0 Å². The van der Waals surface area contributed by atoms with Gasteiger partial charge in [0.25, 0.3) is 0 Å². The summed E-state index contributed by atoms with van der Waals surface area (Å²) in [5.74, 6) is 0. The van der Waals surface area contributed by atoms with Crippen LogP contribution < -0.4 is 0 Å². The molecule has 0 aromatic rings. The van der Waals surface area contributed by atoms with Crippen LogP contribution in [0.2, 0.25) is 0 Å². The second kappa shape index (κ2) is 10.2. The van der Waals surface area contributed by atoms with E-state index in [1.165, 1.54) is 0 Å². The fourth-order valence-electron chi connectivity index (χ4n) is 0.860.